The molecule has 0 spiro atoms. The van der Waals surface area contributed by atoms with Gasteiger partial charge >= 0.3 is 0 Å². The third kappa shape index (κ3) is 4.94. The standard InChI is InChI=1S/C14H29N3O/c1-3-16-14(18)10-13(11-15)17(2)12-8-6-4-5-7-9-12/h12-13H,3-11,15H2,1-2H3,(H,16,18). The van der Waals surface area contributed by atoms with Crippen molar-refractivity contribution in [3.8, 4) is 0 Å². The molecule has 0 aromatic heterocycles. The largest absolute Gasteiger partial charge is 0.356 e. The van der Waals surface area contributed by atoms with E-state index in [2.05, 4.69) is 17.3 Å². The number of nitrogens with two attached hydrogens (primary N) is 1. The maximum atomic E-state index is 11.7. The first-order valence-corrected chi connectivity index (χ1v) is 7.37. The minimum Gasteiger partial charge on any atom is -0.356 e. The first-order chi connectivity index (χ1) is 8.69. The Bertz CT molecular complexity index is 237. The van der Waals surface area contributed by atoms with Crippen molar-refractivity contribution in [3.63, 3.8) is 0 Å². The number of likely N-dealkylation sites (N-methyl/N-ethyl adjacent to an activating group) is 1. The molecular weight excluding hydrogens is 226 g/mol. The lowest BCUT2D eigenvalue weighted by atomic mass is 10.0. The minimum atomic E-state index is 0.119. The zero-order valence-electron chi connectivity index (χ0n) is 12.0. The highest BCUT2D eigenvalue weighted by atomic mass is 16.1. The molecule has 1 atom stereocenters. The lowest BCUT2D eigenvalue weighted by Crippen LogP contribution is -2.46. The van der Waals surface area contributed by atoms with Gasteiger partial charge in [0.2, 0.25) is 5.91 Å². The summed E-state index contributed by atoms with van der Waals surface area (Å²) in [6.45, 7) is 3.21. The second kappa shape index (κ2) is 8.48. The van der Waals surface area contributed by atoms with Crippen LogP contribution in [0.4, 0.5) is 0 Å². The molecule has 4 nitrogen and oxygen atoms in total. The Morgan fingerprint density at radius 3 is 2.44 bits per heavy atom. The Hall–Kier alpha value is -0.610. The molecule has 1 fully saturated rings. The Morgan fingerprint density at radius 1 is 1.33 bits per heavy atom. The fourth-order valence-corrected chi connectivity index (χ4v) is 2.84. The first kappa shape index (κ1) is 15.4. The highest BCUT2D eigenvalue weighted by Crippen LogP contribution is 2.22. The molecule has 1 unspecified atom stereocenters. The monoisotopic (exact) mass is 255 g/mol. The van der Waals surface area contributed by atoms with Gasteiger partial charge in [0.25, 0.3) is 0 Å². The van der Waals surface area contributed by atoms with Gasteiger partial charge in [-0.25, -0.2) is 0 Å². The summed E-state index contributed by atoms with van der Waals surface area (Å²) in [4.78, 5) is 14.0. The van der Waals surface area contributed by atoms with Crippen LogP contribution >= 0.6 is 0 Å². The average Bonchev–Trinajstić information content (AvgIpc) is 2.64. The highest BCUT2D eigenvalue weighted by Gasteiger charge is 2.24. The molecule has 3 N–H and O–H groups in total. The zero-order valence-corrected chi connectivity index (χ0v) is 12.0. The highest BCUT2D eigenvalue weighted by molar-refractivity contribution is 5.76. The fourth-order valence-electron chi connectivity index (χ4n) is 2.84. The smallest absolute Gasteiger partial charge is 0.221 e. The molecule has 0 bridgehead atoms. The SMILES string of the molecule is CCNC(=O)CC(CN)N(C)C1CCCCCC1. The van der Waals surface area contributed by atoms with Gasteiger partial charge in [-0.05, 0) is 26.8 Å². The third-order valence-corrected chi connectivity index (χ3v) is 4.04. The molecular formula is C14H29N3O. The number of hydrogen-bond acceptors (Lipinski definition) is 3. The molecule has 1 rings (SSSR count). The number of hydrogen-bond donors (Lipinski definition) is 2. The average molecular weight is 255 g/mol. The van der Waals surface area contributed by atoms with Crippen molar-refractivity contribution in [1.82, 2.24) is 10.2 Å². The summed E-state index contributed by atoms with van der Waals surface area (Å²) in [5.74, 6) is 0.119. The minimum absolute atomic E-state index is 0.119. The van der Waals surface area contributed by atoms with Crippen LogP contribution in [0.5, 0.6) is 0 Å². The number of carbonyl (C=O) groups excluding carboxylic acids is 1. The van der Waals surface area contributed by atoms with E-state index < -0.39 is 0 Å². The van der Waals surface area contributed by atoms with E-state index in [4.69, 9.17) is 5.73 Å². The molecule has 1 aliphatic carbocycles. The lowest BCUT2D eigenvalue weighted by molar-refractivity contribution is -0.122. The van der Waals surface area contributed by atoms with Crippen LogP contribution in [0, 0.1) is 0 Å². The van der Waals surface area contributed by atoms with Gasteiger partial charge in [0.15, 0.2) is 0 Å². The van der Waals surface area contributed by atoms with Crippen molar-refractivity contribution in [1.29, 1.82) is 0 Å². The Labute approximate surface area is 111 Å². The second-order valence-corrected chi connectivity index (χ2v) is 5.36. The van der Waals surface area contributed by atoms with Gasteiger partial charge < -0.3 is 11.1 Å². The van der Waals surface area contributed by atoms with Crippen LogP contribution in [-0.2, 0) is 4.79 Å². The van der Waals surface area contributed by atoms with Crippen LogP contribution in [-0.4, -0.2) is 43.0 Å². The predicted octanol–water partition coefficient (Wildman–Crippen LogP) is 1.49. The first-order valence-electron chi connectivity index (χ1n) is 7.37. The Balaban J connectivity index is 2.48. The van der Waals surface area contributed by atoms with Gasteiger partial charge in [-0.15, -0.1) is 0 Å². The van der Waals surface area contributed by atoms with Crippen molar-refractivity contribution < 1.29 is 4.79 Å². The van der Waals surface area contributed by atoms with Crippen molar-refractivity contribution in [2.75, 3.05) is 20.1 Å². The molecule has 0 aromatic rings. The van der Waals surface area contributed by atoms with Crippen LogP contribution in [0.2, 0.25) is 0 Å². The van der Waals surface area contributed by atoms with Gasteiger partial charge in [0.1, 0.15) is 0 Å². The fraction of sp³-hybridized carbons (Fsp3) is 0.929. The number of rotatable bonds is 6. The van der Waals surface area contributed by atoms with E-state index in [1.54, 1.807) is 0 Å². The molecule has 0 aromatic carbocycles. The van der Waals surface area contributed by atoms with Crippen molar-refractivity contribution in [3.05, 3.63) is 0 Å². The number of nitrogens with one attached hydrogen (secondary N) is 1. The normalized spacial score (nSPS) is 19.6. The maximum Gasteiger partial charge on any atom is 0.221 e. The van der Waals surface area contributed by atoms with Crippen molar-refractivity contribution in [2.45, 2.75) is 64.0 Å². The summed E-state index contributed by atoms with van der Waals surface area (Å²) >= 11 is 0. The predicted molar refractivity (Wildman–Crippen MR) is 75.4 cm³/mol. The molecule has 106 valence electrons. The van der Waals surface area contributed by atoms with E-state index in [1.165, 1.54) is 38.5 Å². The van der Waals surface area contributed by atoms with E-state index in [9.17, 15) is 4.79 Å². The zero-order chi connectivity index (χ0) is 13.4. The quantitative estimate of drug-likeness (QED) is 0.707. The molecule has 0 radical (unpaired) electrons. The summed E-state index contributed by atoms with van der Waals surface area (Å²) in [5, 5.41) is 2.86. The van der Waals surface area contributed by atoms with Gasteiger partial charge in [-0.1, -0.05) is 25.7 Å². The van der Waals surface area contributed by atoms with Gasteiger partial charge in [-0.3, -0.25) is 9.69 Å². The van der Waals surface area contributed by atoms with Crippen LogP contribution < -0.4 is 11.1 Å². The number of carbonyl (C=O) groups is 1. The summed E-state index contributed by atoms with van der Waals surface area (Å²) in [5.41, 5.74) is 5.84. The molecule has 0 aliphatic heterocycles. The third-order valence-electron chi connectivity index (χ3n) is 4.04. The summed E-state index contributed by atoms with van der Waals surface area (Å²) in [6.07, 6.45) is 8.37. The Kier molecular flexibility index (Phi) is 7.28. The van der Waals surface area contributed by atoms with Crippen LogP contribution in [0.1, 0.15) is 51.9 Å². The van der Waals surface area contributed by atoms with Gasteiger partial charge in [0, 0.05) is 31.6 Å². The molecule has 1 saturated carbocycles. The molecule has 1 aliphatic rings. The van der Waals surface area contributed by atoms with Crippen LogP contribution in [0.3, 0.4) is 0 Å². The molecule has 0 saturated heterocycles. The number of nitrogens with zero attached hydrogens (tertiary/aromatic N) is 1. The summed E-state index contributed by atoms with van der Waals surface area (Å²) in [6, 6.07) is 0.787. The van der Waals surface area contributed by atoms with Crippen LogP contribution in [0.15, 0.2) is 0 Å². The number of amides is 1. The van der Waals surface area contributed by atoms with E-state index in [1.807, 2.05) is 6.92 Å². The molecule has 1 amide bonds. The van der Waals surface area contributed by atoms with Crippen LogP contribution in [0.25, 0.3) is 0 Å². The molecule has 4 heteroatoms. The second-order valence-electron chi connectivity index (χ2n) is 5.36. The lowest BCUT2D eigenvalue weighted by Gasteiger charge is -2.33. The van der Waals surface area contributed by atoms with Crippen molar-refractivity contribution >= 4 is 5.91 Å². The van der Waals surface area contributed by atoms with E-state index in [0.29, 0.717) is 25.6 Å². The van der Waals surface area contributed by atoms with E-state index in [0.717, 1.165) is 0 Å². The summed E-state index contributed by atoms with van der Waals surface area (Å²) < 4.78 is 0. The summed E-state index contributed by atoms with van der Waals surface area (Å²) in [7, 11) is 2.13. The molecule has 18 heavy (non-hydrogen) atoms. The van der Waals surface area contributed by atoms with E-state index >= 15 is 0 Å². The molecule has 0 heterocycles. The maximum absolute atomic E-state index is 11.7. The Morgan fingerprint density at radius 2 is 1.94 bits per heavy atom. The van der Waals surface area contributed by atoms with Crippen molar-refractivity contribution in [2.24, 2.45) is 5.73 Å². The topological polar surface area (TPSA) is 58.4 Å². The van der Waals surface area contributed by atoms with Gasteiger partial charge in [-0.2, -0.15) is 0 Å². The van der Waals surface area contributed by atoms with Gasteiger partial charge in [0.05, 0.1) is 0 Å². The van der Waals surface area contributed by atoms with E-state index in [-0.39, 0.29) is 11.9 Å².